The number of hydrogen-bond donors (Lipinski definition) is 1. The Morgan fingerprint density at radius 3 is 2.48 bits per heavy atom. The molecule has 0 saturated carbocycles. The van der Waals surface area contributed by atoms with Crippen molar-refractivity contribution in [1.29, 1.82) is 0 Å². The van der Waals surface area contributed by atoms with Crippen LogP contribution in [0.3, 0.4) is 0 Å². The van der Waals surface area contributed by atoms with Crippen molar-refractivity contribution in [2.75, 3.05) is 12.4 Å². The second-order valence-corrected chi connectivity index (χ2v) is 5.14. The molecular formula is C17H14F3N3O2. The predicted molar refractivity (Wildman–Crippen MR) is 85.1 cm³/mol. The molecule has 3 aromatic rings. The van der Waals surface area contributed by atoms with Crippen LogP contribution < -0.4 is 10.1 Å². The Hall–Kier alpha value is -3.03. The number of nitrogens with one attached hydrogen (secondary N) is 1. The van der Waals surface area contributed by atoms with Crippen LogP contribution in [0, 0.1) is 0 Å². The second kappa shape index (κ2) is 6.84. The summed E-state index contributed by atoms with van der Waals surface area (Å²) in [6.45, 7) is 0.258. The predicted octanol–water partition coefficient (Wildman–Crippen LogP) is 4.38. The normalized spacial score (nSPS) is 11.4. The maximum Gasteiger partial charge on any atom is 0.416 e. The summed E-state index contributed by atoms with van der Waals surface area (Å²) in [7, 11) is 1.57. The van der Waals surface area contributed by atoms with Gasteiger partial charge in [0.1, 0.15) is 5.75 Å². The van der Waals surface area contributed by atoms with E-state index in [-0.39, 0.29) is 12.4 Å². The molecule has 0 amide bonds. The van der Waals surface area contributed by atoms with Gasteiger partial charge in [-0.15, -0.1) is 0 Å². The third kappa shape index (κ3) is 3.90. The zero-order valence-electron chi connectivity index (χ0n) is 13.2. The van der Waals surface area contributed by atoms with Gasteiger partial charge in [-0.2, -0.15) is 18.2 Å². The highest BCUT2D eigenvalue weighted by Gasteiger charge is 2.30. The molecule has 0 aliphatic heterocycles. The summed E-state index contributed by atoms with van der Waals surface area (Å²) >= 11 is 0. The van der Waals surface area contributed by atoms with E-state index in [1.807, 2.05) is 24.3 Å². The summed E-state index contributed by atoms with van der Waals surface area (Å²) in [6, 6.07) is 11.9. The Kier molecular flexibility index (Phi) is 4.60. The molecule has 0 unspecified atom stereocenters. The molecule has 130 valence electrons. The molecule has 0 fully saturated rings. The number of anilines is 1. The summed E-state index contributed by atoms with van der Waals surface area (Å²) in [5.41, 5.74) is 0.484. The number of para-hydroxylation sites is 2. The Balaban J connectivity index is 1.70. The first-order valence-corrected chi connectivity index (χ1v) is 7.34. The van der Waals surface area contributed by atoms with Gasteiger partial charge in [0.2, 0.25) is 11.7 Å². The van der Waals surface area contributed by atoms with Gasteiger partial charge in [0.25, 0.3) is 0 Å². The van der Waals surface area contributed by atoms with Crippen molar-refractivity contribution < 1.29 is 22.4 Å². The van der Waals surface area contributed by atoms with Crippen LogP contribution in [-0.4, -0.2) is 17.3 Å². The lowest BCUT2D eigenvalue weighted by atomic mass is 10.1. The minimum atomic E-state index is -4.38. The molecule has 0 aliphatic carbocycles. The van der Waals surface area contributed by atoms with Crippen molar-refractivity contribution in [1.82, 2.24) is 10.1 Å². The molecule has 0 spiro atoms. The average Bonchev–Trinajstić information content (AvgIpc) is 3.08. The van der Waals surface area contributed by atoms with Crippen LogP contribution in [0.2, 0.25) is 0 Å². The summed E-state index contributed by atoms with van der Waals surface area (Å²) in [5, 5.41) is 6.90. The van der Waals surface area contributed by atoms with E-state index in [2.05, 4.69) is 15.5 Å². The number of ether oxygens (including phenoxy) is 1. The SMILES string of the molecule is COc1ccccc1NCc1nc(-c2ccc(C(F)(F)F)cc2)no1. The van der Waals surface area contributed by atoms with Crippen LogP contribution in [0.1, 0.15) is 11.5 Å². The molecule has 5 nitrogen and oxygen atoms in total. The van der Waals surface area contributed by atoms with Gasteiger partial charge in [0.05, 0.1) is 24.9 Å². The van der Waals surface area contributed by atoms with Gasteiger partial charge in [-0.25, -0.2) is 0 Å². The smallest absolute Gasteiger partial charge is 0.416 e. The van der Waals surface area contributed by atoms with Crippen molar-refractivity contribution in [3.8, 4) is 17.1 Å². The summed E-state index contributed by atoms with van der Waals surface area (Å²) in [6.07, 6.45) is -4.38. The van der Waals surface area contributed by atoms with Crippen LogP contribution in [-0.2, 0) is 12.7 Å². The molecule has 0 aliphatic rings. The third-order valence-electron chi connectivity index (χ3n) is 3.48. The Bertz CT molecular complexity index is 845. The lowest BCUT2D eigenvalue weighted by Gasteiger charge is -2.08. The monoisotopic (exact) mass is 349 g/mol. The van der Waals surface area contributed by atoms with Crippen molar-refractivity contribution in [2.24, 2.45) is 0 Å². The van der Waals surface area contributed by atoms with E-state index in [1.54, 1.807) is 7.11 Å². The largest absolute Gasteiger partial charge is 0.495 e. The van der Waals surface area contributed by atoms with Crippen molar-refractivity contribution in [3.63, 3.8) is 0 Å². The van der Waals surface area contributed by atoms with Gasteiger partial charge < -0.3 is 14.6 Å². The Morgan fingerprint density at radius 2 is 1.80 bits per heavy atom. The zero-order chi connectivity index (χ0) is 17.9. The number of rotatable bonds is 5. The van der Waals surface area contributed by atoms with Gasteiger partial charge in [0.15, 0.2) is 0 Å². The number of alkyl halides is 3. The number of aromatic nitrogens is 2. The minimum absolute atomic E-state index is 0.227. The van der Waals surface area contributed by atoms with E-state index < -0.39 is 11.7 Å². The molecule has 8 heteroatoms. The van der Waals surface area contributed by atoms with Gasteiger partial charge in [0, 0.05) is 5.56 Å². The summed E-state index contributed by atoms with van der Waals surface area (Å²) in [5.74, 6) is 1.20. The number of benzene rings is 2. The number of hydrogen-bond acceptors (Lipinski definition) is 5. The topological polar surface area (TPSA) is 60.2 Å². The number of nitrogens with zero attached hydrogens (tertiary/aromatic N) is 2. The van der Waals surface area contributed by atoms with E-state index in [9.17, 15) is 13.2 Å². The van der Waals surface area contributed by atoms with Crippen LogP contribution in [0.4, 0.5) is 18.9 Å². The van der Waals surface area contributed by atoms with Crippen LogP contribution >= 0.6 is 0 Å². The van der Waals surface area contributed by atoms with Crippen molar-refractivity contribution in [3.05, 3.63) is 60.0 Å². The quantitative estimate of drug-likeness (QED) is 0.741. The van der Waals surface area contributed by atoms with Gasteiger partial charge in [-0.1, -0.05) is 29.4 Å². The van der Waals surface area contributed by atoms with E-state index in [1.165, 1.54) is 12.1 Å². The molecule has 0 atom stereocenters. The number of halogens is 3. The first-order chi connectivity index (χ1) is 12.0. The molecule has 0 saturated heterocycles. The van der Waals surface area contributed by atoms with E-state index in [4.69, 9.17) is 9.26 Å². The number of methoxy groups -OCH3 is 1. The fourth-order valence-electron chi connectivity index (χ4n) is 2.21. The molecule has 0 radical (unpaired) electrons. The Morgan fingerprint density at radius 1 is 1.08 bits per heavy atom. The average molecular weight is 349 g/mol. The van der Waals surface area contributed by atoms with Crippen LogP contribution in [0.5, 0.6) is 5.75 Å². The molecule has 25 heavy (non-hydrogen) atoms. The van der Waals surface area contributed by atoms with Crippen LogP contribution in [0.15, 0.2) is 53.1 Å². The highest BCUT2D eigenvalue weighted by Crippen LogP contribution is 2.30. The van der Waals surface area contributed by atoms with Crippen LogP contribution in [0.25, 0.3) is 11.4 Å². The molecule has 1 heterocycles. The van der Waals surface area contributed by atoms with E-state index in [0.29, 0.717) is 17.2 Å². The Labute approximate surface area is 141 Å². The van der Waals surface area contributed by atoms with Crippen molar-refractivity contribution >= 4 is 5.69 Å². The van der Waals surface area contributed by atoms with Gasteiger partial charge >= 0.3 is 6.18 Å². The standard InChI is InChI=1S/C17H14F3N3O2/c1-24-14-5-3-2-4-13(14)21-10-15-22-16(23-25-15)11-6-8-12(9-7-11)17(18,19)20/h2-9,21H,10H2,1H3. The van der Waals surface area contributed by atoms with Gasteiger partial charge in [-0.05, 0) is 24.3 Å². The maximum absolute atomic E-state index is 12.6. The molecule has 1 aromatic heterocycles. The lowest BCUT2D eigenvalue weighted by Crippen LogP contribution is -2.04. The molecular weight excluding hydrogens is 335 g/mol. The molecule has 2 aromatic carbocycles. The minimum Gasteiger partial charge on any atom is -0.495 e. The zero-order valence-corrected chi connectivity index (χ0v) is 13.2. The second-order valence-electron chi connectivity index (χ2n) is 5.14. The lowest BCUT2D eigenvalue weighted by molar-refractivity contribution is -0.137. The van der Waals surface area contributed by atoms with Gasteiger partial charge in [-0.3, -0.25) is 0 Å². The fraction of sp³-hybridized carbons (Fsp3) is 0.176. The maximum atomic E-state index is 12.6. The van der Waals surface area contributed by atoms with E-state index in [0.717, 1.165) is 17.8 Å². The third-order valence-corrected chi connectivity index (χ3v) is 3.48. The molecule has 3 rings (SSSR count). The highest BCUT2D eigenvalue weighted by atomic mass is 19.4. The summed E-state index contributed by atoms with van der Waals surface area (Å²) in [4.78, 5) is 4.18. The fourth-order valence-corrected chi connectivity index (χ4v) is 2.21. The first kappa shape index (κ1) is 16.8. The van der Waals surface area contributed by atoms with Crippen molar-refractivity contribution in [2.45, 2.75) is 12.7 Å². The molecule has 0 bridgehead atoms. The highest BCUT2D eigenvalue weighted by molar-refractivity contribution is 5.57. The first-order valence-electron chi connectivity index (χ1n) is 7.34. The molecule has 1 N–H and O–H groups in total. The van der Waals surface area contributed by atoms with E-state index >= 15 is 0 Å². The summed E-state index contributed by atoms with van der Waals surface area (Å²) < 4.78 is 48.1.